The summed E-state index contributed by atoms with van der Waals surface area (Å²) in [5.74, 6) is 0.648. The van der Waals surface area contributed by atoms with Crippen LogP contribution < -0.4 is 5.73 Å². The molecule has 3 heteroatoms. The fraction of sp³-hybridized carbons (Fsp3) is 0.714. The van der Waals surface area contributed by atoms with Gasteiger partial charge >= 0.3 is 0 Å². The molecule has 0 bridgehead atoms. The first kappa shape index (κ1) is 7.95. The Kier molecular flexibility index (Phi) is 3.09. The molecule has 0 saturated carbocycles. The summed E-state index contributed by atoms with van der Waals surface area (Å²) in [7, 11) is -0.707. The van der Waals surface area contributed by atoms with Crippen molar-refractivity contribution in [1.82, 2.24) is 0 Å². The zero-order valence-electron chi connectivity index (χ0n) is 5.95. The van der Waals surface area contributed by atoms with E-state index in [9.17, 15) is 4.21 Å². The Hall–Kier alpha value is -0.150. The van der Waals surface area contributed by atoms with E-state index in [1.165, 1.54) is 0 Å². The lowest BCUT2D eigenvalue weighted by molar-refractivity contribution is 0.675. The van der Waals surface area contributed by atoms with Gasteiger partial charge in [-0.25, -0.2) is 0 Å². The predicted octanol–water partition coefficient (Wildman–Crippen LogP) is 0.412. The van der Waals surface area contributed by atoms with E-state index in [2.05, 4.69) is 6.08 Å². The molecule has 0 amide bonds. The number of nitrogens with two attached hydrogens (primary N) is 1. The molecule has 2 atom stereocenters. The van der Waals surface area contributed by atoms with Crippen molar-refractivity contribution in [3.63, 3.8) is 0 Å². The van der Waals surface area contributed by atoms with Gasteiger partial charge in [-0.1, -0.05) is 12.2 Å². The average Bonchev–Trinajstić information content (AvgIpc) is 2.38. The van der Waals surface area contributed by atoms with Crippen molar-refractivity contribution in [1.29, 1.82) is 0 Å². The smallest absolute Gasteiger partial charge is 0.0531 e. The molecule has 1 rings (SSSR count). The Morgan fingerprint density at radius 3 is 3.00 bits per heavy atom. The molecule has 0 saturated heterocycles. The summed E-state index contributed by atoms with van der Waals surface area (Å²) in [6.07, 6.45) is 6.28. The van der Waals surface area contributed by atoms with Crippen LogP contribution >= 0.6 is 0 Å². The van der Waals surface area contributed by atoms with E-state index in [-0.39, 0.29) is 0 Å². The van der Waals surface area contributed by atoms with E-state index in [1.807, 2.05) is 6.08 Å². The first-order chi connectivity index (χ1) is 4.84. The van der Waals surface area contributed by atoms with Crippen LogP contribution in [0.2, 0.25) is 0 Å². The maximum atomic E-state index is 11.2. The van der Waals surface area contributed by atoms with Crippen molar-refractivity contribution in [2.24, 2.45) is 5.73 Å². The summed E-state index contributed by atoms with van der Waals surface area (Å²) in [6, 6.07) is 0. The summed E-state index contributed by atoms with van der Waals surface area (Å²) in [6.45, 7) is 0.539. The molecule has 58 valence electrons. The molecule has 2 N–H and O–H groups in total. The van der Waals surface area contributed by atoms with Gasteiger partial charge in [-0.05, 0) is 12.8 Å². The molecule has 10 heavy (non-hydrogen) atoms. The van der Waals surface area contributed by atoms with E-state index >= 15 is 0 Å². The van der Waals surface area contributed by atoms with E-state index in [4.69, 9.17) is 5.73 Å². The van der Waals surface area contributed by atoms with Gasteiger partial charge in [0.1, 0.15) is 0 Å². The van der Waals surface area contributed by atoms with E-state index in [0.717, 1.165) is 12.8 Å². The van der Waals surface area contributed by atoms with Crippen LogP contribution in [0.3, 0.4) is 0 Å². The Morgan fingerprint density at radius 1 is 1.70 bits per heavy atom. The first-order valence-electron chi connectivity index (χ1n) is 3.58. The van der Waals surface area contributed by atoms with Gasteiger partial charge in [0, 0.05) is 23.1 Å². The lowest BCUT2D eigenvalue weighted by Gasteiger charge is -2.04. The van der Waals surface area contributed by atoms with E-state index < -0.39 is 10.8 Å². The summed E-state index contributed by atoms with van der Waals surface area (Å²) < 4.78 is 11.2. The molecule has 0 aromatic rings. The third-order valence-electron chi connectivity index (χ3n) is 1.63. The molecule has 0 fully saturated rings. The Bertz CT molecular complexity index is 156. The molecule has 1 aliphatic rings. The van der Waals surface area contributed by atoms with Crippen molar-refractivity contribution in [3.05, 3.63) is 12.2 Å². The minimum atomic E-state index is -0.707. The van der Waals surface area contributed by atoms with Gasteiger partial charge < -0.3 is 5.73 Å². The van der Waals surface area contributed by atoms with Crippen molar-refractivity contribution < 1.29 is 4.21 Å². The fourth-order valence-electron chi connectivity index (χ4n) is 1.09. The monoisotopic (exact) mass is 159 g/mol. The SMILES string of the molecule is NCCS(=O)C1C=CCC1. The lowest BCUT2D eigenvalue weighted by atomic mass is 10.4. The number of hydrogen-bond acceptors (Lipinski definition) is 2. The van der Waals surface area contributed by atoms with Gasteiger partial charge in [0.2, 0.25) is 0 Å². The Balaban J connectivity index is 2.33. The highest BCUT2D eigenvalue weighted by molar-refractivity contribution is 7.85. The third kappa shape index (κ3) is 1.92. The summed E-state index contributed by atoms with van der Waals surface area (Å²) in [5, 5.41) is 0.295. The molecular formula is C7H13NOS. The summed E-state index contributed by atoms with van der Waals surface area (Å²) in [5.41, 5.74) is 5.28. The standard InChI is InChI=1S/C7H13NOS/c8-5-6-10(9)7-3-1-2-4-7/h1,3,7H,2,4-6,8H2. The molecule has 0 aromatic carbocycles. The molecule has 0 aliphatic heterocycles. The second-order valence-electron chi connectivity index (χ2n) is 2.42. The molecule has 0 radical (unpaired) electrons. The van der Waals surface area contributed by atoms with Crippen molar-refractivity contribution in [2.75, 3.05) is 12.3 Å². The molecule has 0 heterocycles. The topological polar surface area (TPSA) is 43.1 Å². The minimum absolute atomic E-state index is 0.295. The van der Waals surface area contributed by atoms with Crippen LogP contribution in [0, 0.1) is 0 Å². The van der Waals surface area contributed by atoms with Gasteiger partial charge in [0.15, 0.2) is 0 Å². The first-order valence-corrected chi connectivity index (χ1v) is 4.96. The highest BCUT2D eigenvalue weighted by Crippen LogP contribution is 2.14. The van der Waals surface area contributed by atoms with Crippen LogP contribution in [0.15, 0.2) is 12.2 Å². The van der Waals surface area contributed by atoms with Gasteiger partial charge in [-0.3, -0.25) is 4.21 Å². The highest BCUT2D eigenvalue weighted by atomic mass is 32.2. The quantitative estimate of drug-likeness (QED) is 0.606. The normalized spacial score (nSPS) is 27.1. The largest absolute Gasteiger partial charge is 0.330 e. The molecule has 1 aliphatic carbocycles. The molecule has 0 spiro atoms. The van der Waals surface area contributed by atoms with E-state index in [1.54, 1.807) is 0 Å². The third-order valence-corrected chi connectivity index (χ3v) is 3.33. The zero-order valence-corrected chi connectivity index (χ0v) is 6.77. The van der Waals surface area contributed by atoms with Crippen LogP contribution in [-0.2, 0) is 10.8 Å². The minimum Gasteiger partial charge on any atom is -0.330 e. The Labute approximate surface area is 63.9 Å². The van der Waals surface area contributed by atoms with Crippen LogP contribution in [0.5, 0.6) is 0 Å². The molecular weight excluding hydrogens is 146 g/mol. The van der Waals surface area contributed by atoms with Gasteiger partial charge in [-0.15, -0.1) is 0 Å². The Morgan fingerprint density at radius 2 is 2.50 bits per heavy atom. The highest BCUT2D eigenvalue weighted by Gasteiger charge is 2.14. The zero-order chi connectivity index (χ0) is 7.40. The van der Waals surface area contributed by atoms with Crippen LogP contribution in [0.4, 0.5) is 0 Å². The maximum absolute atomic E-state index is 11.2. The number of allylic oxidation sites excluding steroid dienone is 1. The summed E-state index contributed by atoms with van der Waals surface area (Å²) >= 11 is 0. The lowest BCUT2D eigenvalue weighted by Crippen LogP contribution is -2.18. The van der Waals surface area contributed by atoms with Crippen molar-refractivity contribution in [2.45, 2.75) is 18.1 Å². The molecule has 2 unspecified atom stereocenters. The number of rotatable bonds is 3. The number of hydrogen-bond donors (Lipinski definition) is 1. The van der Waals surface area contributed by atoms with Crippen LogP contribution in [-0.4, -0.2) is 21.8 Å². The van der Waals surface area contributed by atoms with Crippen LogP contribution in [0.1, 0.15) is 12.8 Å². The maximum Gasteiger partial charge on any atom is 0.0531 e. The average molecular weight is 159 g/mol. The second kappa shape index (κ2) is 3.88. The van der Waals surface area contributed by atoms with Gasteiger partial charge in [0.05, 0.1) is 5.25 Å². The summed E-state index contributed by atoms with van der Waals surface area (Å²) in [4.78, 5) is 0. The fourth-order valence-corrected chi connectivity index (χ4v) is 2.31. The predicted molar refractivity (Wildman–Crippen MR) is 44.2 cm³/mol. The van der Waals surface area contributed by atoms with Gasteiger partial charge in [0.25, 0.3) is 0 Å². The van der Waals surface area contributed by atoms with Crippen LogP contribution in [0.25, 0.3) is 0 Å². The molecule has 2 nitrogen and oxygen atoms in total. The van der Waals surface area contributed by atoms with Gasteiger partial charge in [-0.2, -0.15) is 0 Å². The van der Waals surface area contributed by atoms with Crippen molar-refractivity contribution >= 4 is 10.8 Å². The van der Waals surface area contributed by atoms with E-state index in [0.29, 0.717) is 17.5 Å². The second-order valence-corrected chi connectivity index (χ2v) is 4.19. The molecule has 0 aromatic heterocycles. The van der Waals surface area contributed by atoms with Crippen molar-refractivity contribution in [3.8, 4) is 0 Å².